The fraction of sp³-hybridized carbons (Fsp3) is 0.625. The maximum atomic E-state index is 12.6. The van der Waals surface area contributed by atoms with E-state index in [1.54, 1.807) is 11.3 Å². The minimum absolute atomic E-state index is 0.170. The van der Waals surface area contributed by atoms with Crippen LogP contribution in [0.5, 0.6) is 0 Å². The third-order valence-electron chi connectivity index (χ3n) is 4.59. The van der Waals surface area contributed by atoms with Crippen molar-refractivity contribution in [1.82, 2.24) is 9.80 Å². The Bertz CT molecular complexity index is 570. The molecule has 0 atom stereocenters. The van der Waals surface area contributed by atoms with E-state index in [1.807, 2.05) is 18.7 Å². The van der Waals surface area contributed by atoms with Gasteiger partial charge < -0.3 is 4.90 Å². The molecule has 2 aliphatic rings. The van der Waals surface area contributed by atoms with Gasteiger partial charge in [-0.15, -0.1) is 11.3 Å². The Hall–Kier alpha value is -1.38. The van der Waals surface area contributed by atoms with Crippen LogP contribution in [-0.4, -0.2) is 47.4 Å². The van der Waals surface area contributed by atoms with Crippen molar-refractivity contribution < 1.29 is 4.79 Å². The molecule has 5 heteroatoms. The number of nitrogens with zero attached hydrogens (tertiary/aromatic N) is 3. The van der Waals surface area contributed by atoms with Crippen LogP contribution in [0.2, 0.25) is 0 Å². The lowest BCUT2D eigenvalue weighted by molar-refractivity contribution is 0.0525. The van der Waals surface area contributed by atoms with Crippen LogP contribution >= 0.6 is 11.3 Å². The summed E-state index contributed by atoms with van der Waals surface area (Å²) in [6.45, 7) is 6.86. The van der Waals surface area contributed by atoms with Crippen molar-refractivity contribution in [3.8, 4) is 6.07 Å². The summed E-state index contributed by atoms with van der Waals surface area (Å²) >= 11 is 1.68. The van der Waals surface area contributed by atoms with Gasteiger partial charge in [0.2, 0.25) is 0 Å². The van der Waals surface area contributed by atoms with Crippen molar-refractivity contribution in [2.45, 2.75) is 38.6 Å². The van der Waals surface area contributed by atoms with Crippen molar-refractivity contribution in [1.29, 1.82) is 5.26 Å². The first kappa shape index (κ1) is 14.6. The number of carbonyl (C=O) groups excluding carboxylic acids is 1. The van der Waals surface area contributed by atoms with Crippen LogP contribution < -0.4 is 0 Å². The lowest BCUT2D eigenvalue weighted by Gasteiger charge is -2.40. The Labute approximate surface area is 130 Å². The molecule has 0 aromatic carbocycles. The number of rotatable bonds is 2. The van der Waals surface area contributed by atoms with Crippen molar-refractivity contribution in [3.63, 3.8) is 0 Å². The molecule has 1 saturated heterocycles. The minimum Gasteiger partial charge on any atom is -0.335 e. The van der Waals surface area contributed by atoms with E-state index in [-0.39, 0.29) is 5.91 Å². The summed E-state index contributed by atoms with van der Waals surface area (Å²) in [6, 6.07) is 4.44. The SMILES string of the molecule is CC(C)(C#N)N1CCN(C(=O)c2cc3c(s2)CCC3)CC1. The largest absolute Gasteiger partial charge is 0.335 e. The number of thiophene rings is 1. The molecule has 0 spiro atoms. The third-order valence-corrected chi connectivity index (χ3v) is 5.81. The number of aryl methyl sites for hydroxylation is 2. The van der Waals surface area contributed by atoms with Crippen molar-refractivity contribution >= 4 is 17.2 Å². The van der Waals surface area contributed by atoms with Crippen LogP contribution in [0.4, 0.5) is 0 Å². The van der Waals surface area contributed by atoms with Gasteiger partial charge in [-0.1, -0.05) is 0 Å². The molecule has 0 saturated carbocycles. The van der Waals surface area contributed by atoms with Crippen LogP contribution in [0.25, 0.3) is 0 Å². The Morgan fingerprint density at radius 2 is 2.00 bits per heavy atom. The molecule has 0 radical (unpaired) electrons. The second kappa shape index (κ2) is 5.43. The van der Waals surface area contributed by atoms with Crippen LogP contribution in [0.3, 0.4) is 0 Å². The average molecular weight is 303 g/mol. The summed E-state index contributed by atoms with van der Waals surface area (Å²) in [5.74, 6) is 0.170. The molecular formula is C16H21N3OS. The minimum atomic E-state index is -0.445. The summed E-state index contributed by atoms with van der Waals surface area (Å²) < 4.78 is 0. The first-order chi connectivity index (χ1) is 10.0. The van der Waals surface area contributed by atoms with E-state index in [1.165, 1.54) is 16.9 Å². The van der Waals surface area contributed by atoms with Crippen LogP contribution in [-0.2, 0) is 12.8 Å². The molecule has 2 heterocycles. The molecule has 0 bridgehead atoms. The van der Waals surface area contributed by atoms with Gasteiger partial charge in [0.05, 0.1) is 10.9 Å². The van der Waals surface area contributed by atoms with Crippen molar-refractivity contribution in [2.75, 3.05) is 26.2 Å². The zero-order valence-corrected chi connectivity index (χ0v) is 13.5. The normalized spacial score (nSPS) is 19.4. The monoisotopic (exact) mass is 303 g/mol. The fourth-order valence-corrected chi connectivity index (χ4v) is 4.35. The number of piperazine rings is 1. The number of hydrogen-bond donors (Lipinski definition) is 0. The fourth-order valence-electron chi connectivity index (χ4n) is 3.13. The molecule has 1 amide bonds. The predicted molar refractivity (Wildman–Crippen MR) is 83.5 cm³/mol. The van der Waals surface area contributed by atoms with Gasteiger partial charge in [-0.3, -0.25) is 9.69 Å². The highest BCUT2D eigenvalue weighted by Gasteiger charge is 2.32. The summed E-state index contributed by atoms with van der Waals surface area (Å²) in [6.07, 6.45) is 3.50. The summed E-state index contributed by atoms with van der Waals surface area (Å²) in [4.78, 5) is 19.0. The predicted octanol–water partition coefficient (Wildman–Crippen LogP) is 2.30. The van der Waals surface area contributed by atoms with E-state index in [0.717, 1.165) is 30.8 Å². The lowest BCUT2D eigenvalue weighted by atomic mass is 10.0. The topological polar surface area (TPSA) is 47.3 Å². The Morgan fingerprint density at radius 3 is 2.62 bits per heavy atom. The standard InChI is InChI=1S/C16H21N3OS/c1-16(2,11-17)19-8-6-18(7-9-19)15(20)14-10-12-4-3-5-13(12)21-14/h10H,3-9H2,1-2H3. The van der Waals surface area contributed by atoms with E-state index >= 15 is 0 Å². The molecule has 1 fully saturated rings. The number of amides is 1. The van der Waals surface area contributed by atoms with Crippen molar-refractivity contribution in [2.24, 2.45) is 0 Å². The second-order valence-electron chi connectivity index (χ2n) is 6.36. The zero-order valence-electron chi connectivity index (χ0n) is 12.7. The van der Waals surface area contributed by atoms with Gasteiger partial charge in [-0.05, 0) is 44.7 Å². The van der Waals surface area contributed by atoms with Gasteiger partial charge in [0.1, 0.15) is 5.54 Å². The van der Waals surface area contributed by atoms with Gasteiger partial charge in [-0.2, -0.15) is 5.26 Å². The van der Waals surface area contributed by atoms with Gasteiger partial charge >= 0.3 is 0 Å². The number of nitriles is 1. The Morgan fingerprint density at radius 1 is 1.29 bits per heavy atom. The first-order valence-electron chi connectivity index (χ1n) is 7.58. The van der Waals surface area contributed by atoms with E-state index < -0.39 is 5.54 Å². The molecule has 1 aromatic heterocycles. The summed E-state index contributed by atoms with van der Waals surface area (Å²) in [5.41, 5.74) is 0.937. The molecule has 112 valence electrons. The molecule has 1 aliphatic carbocycles. The summed E-state index contributed by atoms with van der Waals surface area (Å²) in [7, 11) is 0. The second-order valence-corrected chi connectivity index (χ2v) is 7.50. The molecule has 4 nitrogen and oxygen atoms in total. The Kier molecular flexibility index (Phi) is 3.76. The van der Waals surface area contributed by atoms with Gasteiger partial charge in [0.15, 0.2) is 0 Å². The lowest BCUT2D eigenvalue weighted by Crippen LogP contribution is -2.55. The highest BCUT2D eigenvalue weighted by Crippen LogP contribution is 2.31. The third kappa shape index (κ3) is 2.70. The van der Waals surface area contributed by atoms with Gasteiger partial charge in [-0.25, -0.2) is 0 Å². The first-order valence-corrected chi connectivity index (χ1v) is 8.40. The zero-order chi connectivity index (χ0) is 15.0. The van der Waals surface area contributed by atoms with Crippen molar-refractivity contribution in [3.05, 3.63) is 21.4 Å². The van der Waals surface area contributed by atoms with Crippen LogP contribution in [0.1, 0.15) is 40.4 Å². The maximum absolute atomic E-state index is 12.6. The molecule has 0 unspecified atom stereocenters. The van der Waals surface area contributed by atoms with E-state index in [2.05, 4.69) is 17.0 Å². The molecule has 0 N–H and O–H groups in total. The Balaban J connectivity index is 1.64. The van der Waals surface area contributed by atoms with E-state index in [9.17, 15) is 10.1 Å². The van der Waals surface area contributed by atoms with Crippen LogP contribution in [0, 0.1) is 11.3 Å². The molecular weight excluding hydrogens is 282 g/mol. The smallest absolute Gasteiger partial charge is 0.264 e. The maximum Gasteiger partial charge on any atom is 0.264 e. The van der Waals surface area contributed by atoms with E-state index in [0.29, 0.717) is 13.1 Å². The highest BCUT2D eigenvalue weighted by atomic mass is 32.1. The number of hydrogen-bond acceptors (Lipinski definition) is 4. The molecule has 3 rings (SSSR count). The van der Waals surface area contributed by atoms with Gasteiger partial charge in [0.25, 0.3) is 5.91 Å². The number of carbonyl (C=O) groups is 1. The van der Waals surface area contributed by atoms with E-state index in [4.69, 9.17) is 0 Å². The summed E-state index contributed by atoms with van der Waals surface area (Å²) in [5, 5.41) is 9.20. The molecule has 1 aromatic rings. The average Bonchev–Trinajstić information content (AvgIpc) is 3.08. The van der Waals surface area contributed by atoms with Gasteiger partial charge in [0, 0.05) is 31.1 Å². The quantitative estimate of drug-likeness (QED) is 0.842. The van der Waals surface area contributed by atoms with Crippen LogP contribution in [0.15, 0.2) is 6.07 Å². The molecule has 1 aliphatic heterocycles. The highest BCUT2D eigenvalue weighted by molar-refractivity contribution is 7.14. The molecule has 21 heavy (non-hydrogen) atoms. The number of fused-ring (bicyclic) bond motifs is 1.